The van der Waals surface area contributed by atoms with Crippen molar-refractivity contribution in [3.05, 3.63) is 53.5 Å². The van der Waals surface area contributed by atoms with E-state index in [0.717, 1.165) is 18.4 Å². The first kappa shape index (κ1) is 26.8. The summed E-state index contributed by atoms with van der Waals surface area (Å²) < 4.78 is 78.4. The van der Waals surface area contributed by atoms with Crippen LogP contribution < -0.4 is 20.3 Å². The van der Waals surface area contributed by atoms with E-state index in [4.69, 9.17) is 0 Å². The number of pyridine rings is 1. The van der Waals surface area contributed by atoms with Gasteiger partial charge in [0.05, 0.1) is 11.8 Å². The molecule has 1 aromatic carbocycles. The van der Waals surface area contributed by atoms with Gasteiger partial charge >= 0.3 is 12.2 Å². The number of urea groups is 1. The van der Waals surface area contributed by atoms with Crippen LogP contribution in [0, 0.1) is 5.82 Å². The number of alkyl halides is 3. The van der Waals surface area contributed by atoms with Gasteiger partial charge in [0.1, 0.15) is 17.7 Å². The smallest absolute Gasteiger partial charge is 0.326 e. The number of carbonyl (C=O) groups excluding carboxylic acids is 2. The predicted molar refractivity (Wildman–Crippen MR) is 127 cm³/mol. The average Bonchev–Trinajstić information content (AvgIpc) is 3.59. The maximum atomic E-state index is 15.1. The molecule has 2 aliphatic rings. The highest BCUT2D eigenvalue weighted by Gasteiger charge is 2.46. The van der Waals surface area contributed by atoms with Crippen LogP contribution in [0.4, 0.5) is 33.9 Å². The number of anilines is 2. The van der Waals surface area contributed by atoms with Crippen molar-refractivity contribution in [3.63, 3.8) is 0 Å². The number of amides is 3. The molecule has 3 N–H and O–H groups in total. The van der Waals surface area contributed by atoms with Gasteiger partial charge in [-0.05, 0) is 55.5 Å². The third-order valence-electron chi connectivity index (χ3n) is 6.44. The van der Waals surface area contributed by atoms with Gasteiger partial charge in [-0.1, -0.05) is 6.07 Å². The van der Waals surface area contributed by atoms with Gasteiger partial charge in [0.2, 0.25) is 15.9 Å². The summed E-state index contributed by atoms with van der Waals surface area (Å²) in [5.41, 5.74) is -0.912. The fraction of sp³-hybridized carbons (Fsp3) is 0.435. The zero-order chi connectivity index (χ0) is 27.0. The van der Waals surface area contributed by atoms with Gasteiger partial charge in [0, 0.05) is 30.4 Å². The fourth-order valence-corrected chi connectivity index (χ4v) is 4.81. The van der Waals surface area contributed by atoms with Gasteiger partial charge in [-0.3, -0.25) is 10.1 Å². The second kappa shape index (κ2) is 9.89. The number of halogens is 4. The Morgan fingerprint density at radius 1 is 1.22 bits per heavy atom. The van der Waals surface area contributed by atoms with Crippen LogP contribution in [0.15, 0.2) is 36.5 Å². The minimum Gasteiger partial charge on any atom is -0.326 e. The predicted octanol–water partition coefficient (Wildman–Crippen LogP) is 3.14. The number of nitrogens with zero attached hydrogens (tertiary/aromatic N) is 2. The molecule has 0 bridgehead atoms. The first-order chi connectivity index (χ1) is 17.3. The molecule has 1 aliphatic heterocycles. The number of benzene rings is 1. The van der Waals surface area contributed by atoms with Crippen LogP contribution in [0.25, 0.3) is 0 Å². The zero-order valence-corrected chi connectivity index (χ0v) is 20.5. The standard InChI is InChI=1S/C23H25F4N5O4S/c1-37(35,36)29-13-22(8-9-22)16-6-5-15(11-17(16)24)32-10-2-3-18(20(32)33)30-21(34)31-19-7-4-14(12-28-19)23(25,26)27/h4-7,11-12,18,29H,2-3,8-10,13H2,1H3,(H2,28,30,31,34)/t18-/m1/s1. The minimum atomic E-state index is -4.56. The Balaban J connectivity index is 1.40. The molecular weight excluding hydrogens is 518 g/mol. The molecule has 0 unspecified atom stereocenters. The molecule has 2 fully saturated rings. The van der Waals surface area contributed by atoms with Gasteiger partial charge < -0.3 is 10.2 Å². The molecule has 2 heterocycles. The quantitative estimate of drug-likeness (QED) is 0.464. The van der Waals surface area contributed by atoms with E-state index in [2.05, 4.69) is 20.3 Å². The van der Waals surface area contributed by atoms with Gasteiger partial charge in [0.15, 0.2) is 0 Å². The molecule has 0 radical (unpaired) electrons. The summed E-state index contributed by atoms with van der Waals surface area (Å²) >= 11 is 0. The Labute approximate surface area is 210 Å². The number of carbonyl (C=O) groups is 2. The van der Waals surface area contributed by atoms with Gasteiger partial charge in [-0.25, -0.2) is 27.3 Å². The van der Waals surface area contributed by atoms with Crippen LogP contribution in [-0.4, -0.2) is 50.7 Å². The molecule has 37 heavy (non-hydrogen) atoms. The van der Waals surface area contributed by atoms with E-state index >= 15 is 4.39 Å². The zero-order valence-electron chi connectivity index (χ0n) is 19.7. The number of nitrogens with one attached hydrogen (secondary N) is 3. The van der Waals surface area contributed by atoms with Crippen molar-refractivity contribution in [2.75, 3.05) is 29.6 Å². The van der Waals surface area contributed by atoms with Crippen LogP contribution in [0.5, 0.6) is 0 Å². The summed E-state index contributed by atoms with van der Waals surface area (Å²) in [6, 6.07) is 4.39. The molecular formula is C23H25F4N5O4S. The molecule has 0 spiro atoms. The van der Waals surface area contributed by atoms with Crippen LogP contribution in [0.3, 0.4) is 0 Å². The lowest BCUT2D eigenvalue weighted by Crippen LogP contribution is -2.53. The summed E-state index contributed by atoms with van der Waals surface area (Å²) in [4.78, 5) is 30.3. The van der Waals surface area contributed by atoms with Crippen LogP contribution in [-0.2, 0) is 26.4 Å². The van der Waals surface area contributed by atoms with Crippen molar-refractivity contribution in [2.45, 2.75) is 43.3 Å². The van der Waals surface area contributed by atoms with E-state index < -0.39 is 51.0 Å². The van der Waals surface area contributed by atoms with Crippen molar-refractivity contribution in [1.29, 1.82) is 0 Å². The molecule has 3 amide bonds. The van der Waals surface area contributed by atoms with E-state index in [1.165, 1.54) is 11.0 Å². The summed E-state index contributed by atoms with van der Waals surface area (Å²) in [7, 11) is -3.43. The lowest BCUT2D eigenvalue weighted by atomic mass is 9.94. The summed E-state index contributed by atoms with van der Waals surface area (Å²) in [6.07, 6.45) is -0.840. The lowest BCUT2D eigenvalue weighted by Gasteiger charge is -2.33. The largest absolute Gasteiger partial charge is 0.417 e. The fourth-order valence-electron chi connectivity index (χ4n) is 4.28. The number of piperidine rings is 1. The maximum absolute atomic E-state index is 15.1. The molecule has 1 atom stereocenters. The summed E-state index contributed by atoms with van der Waals surface area (Å²) in [5, 5.41) is 4.79. The molecule has 1 saturated carbocycles. The Morgan fingerprint density at radius 2 is 1.95 bits per heavy atom. The Hall–Kier alpha value is -3.26. The molecule has 1 aliphatic carbocycles. The monoisotopic (exact) mass is 543 g/mol. The van der Waals surface area contributed by atoms with Crippen molar-refractivity contribution >= 4 is 33.5 Å². The van der Waals surface area contributed by atoms with E-state index in [9.17, 15) is 31.2 Å². The van der Waals surface area contributed by atoms with Gasteiger partial charge in [-0.15, -0.1) is 0 Å². The minimum absolute atomic E-state index is 0.0830. The van der Waals surface area contributed by atoms with Crippen LogP contribution >= 0.6 is 0 Å². The molecule has 200 valence electrons. The SMILES string of the molecule is CS(=O)(=O)NCC1(c2ccc(N3CCC[C@@H](NC(=O)Nc4ccc(C(F)(F)F)cn4)C3=O)cc2F)CC1. The van der Waals surface area contributed by atoms with E-state index in [0.29, 0.717) is 49.7 Å². The Bertz CT molecular complexity index is 1300. The third-order valence-corrected chi connectivity index (χ3v) is 7.11. The first-order valence-electron chi connectivity index (χ1n) is 11.4. The first-order valence-corrected chi connectivity index (χ1v) is 13.3. The number of rotatable bonds is 7. The molecule has 1 aromatic heterocycles. The lowest BCUT2D eigenvalue weighted by molar-refractivity contribution is -0.137. The highest BCUT2D eigenvalue weighted by Crippen LogP contribution is 2.49. The van der Waals surface area contributed by atoms with Crippen molar-refractivity contribution in [2.24, 2.45) is 0 Å². The number of hydrogen-bond donors (Lipinski definition) is 3. The van der Waals surface area contributed by atoms with E-state index in [-0.39, 0.29) is 12.4 Å². The third kappa shape index (κ3) is 6.36. The van der Waals surface area contributed by atoms with Gasteiger partial charge in [0.25, 0.3) is 0 Å². The molecule has 9 nitrogen and oxygen atoms in total. The maximum Gasteiger partial charge on any atom is 0.417 e. The molecule has 14 heteroatoms. The van der Waals surface area contributed by atoms with E-state index in [1.807, 2.05) is 0 Å². The van der Waals surface area contributed by atoms with Gasteiger partial charge in [-0.2, -0.15) is 13.2 Å². The number of hydrogen-bond acceptors (Lipinski definition) is 5. The van der Waals surface area contributed by atoms with Crippen molar-refractivity contribution in [3.8, 4) is 0 Å². The second-order valence-corrected chi connectivity index (χ2v) is 11.1. The van der Waals surface area contributed by atoms with Crippen molar-refractivity contribution in [1.82, 2.24) is 15.0 Å². The summed E-state index contributed by atoms with van der Waals surface area (Å²) in [6.45, 7) is 0.387. The van der Waals surface area contributed by atoms with Crippen molar-refractivity contribution < 1.29 is 35.6 Å². The number of sulfonamides is 1. The van der Waals surface area contributed by atoms with E-state index in [1.54, 1.807) is 12.1 Å². The van der Waals surface area contributed by atoms with Crippen LogP contribution in [0.1, 0.15) is 36.8 Å². The molecule has 2 aromatic rings. The normalized spacial score (nSPS) is 19.4. The number of aromatic nitrogens is 1. The average molecular weight is 544 g/mol. The second-order valence-electron chi connectivity index (χ2n) is 9.25. The summed E-state index contributed by atoms with van der Waals surface area (Å²) in [5.74, 6) is -1.14. The van der Waals surface area contributed by atoms with Crippen LogP contribution in [0.2, 0.25) is 0 Å². The highest BCUT2D eigenvalue weighted by molar-refractivity contribution is 7.88. The molecule has 1 saturated heterocycles. The molecule has 4 rings (SSSR count). The topological polar surface area (TPSA) is 120 Å². The Kier molecular flexibility index (Phi) is 7.16. The highest BCUT2D eigenvalue weighted by atomic mass is 32.2. The Morgan fingerprint density at radius 3 is 2.51 bits per heavy atom.